The number of aromatic nitrogens is 3. The summed E-state index contributed by atoms with van der Waals surface area (Å²) in [5.74, 6) is 3.73. The van der Waals surface area contributed by atoms with E-state index >= 15 is 0 Å². The molecule has 1 fully saturated rings. The molecule has 1 aromatic heterocycles. The lowest BCUT2D eigenvalue weighted by atomic mass is 10.1. The minimum Gasteiger partial charge on any atom is -0.488 e. The fraction of sp³-hybridized carbons (Fsp3) is 0.591. The number of rotatable bonds is 7. The van der Waals surface area contributed by atoms with E-state index in [2.05, 4.69) is 57.4 Å². The average molecular weight is 413 g/mol. The lowest BCUT2D eigenvalue weighted by molar-refractivity contribution is 0.140. The monoisotopic (exact) mass is 412 g/mol. The third-order valence-electron chi connectivity index (χ3n) is 5.51. The molecule has 1 atom stereocenters. The summed E-state index contributed by atoms with van der Waals surface area (Å²) in [6, 6.07) is 6.29. The van der Waals surface area contributed by atoms with E-state index in [0.29, 0.717) is 19.7 Å². The van der Waals surface area contributed by atoms with E-state index in [4.69, 9.17) is 14.5 Å². The molecule has 162 valence electrons. The summed E-state index contributed by atoms with van der Waals surface area (Å²) >= 11 is 0. The van der Waals surface area contributed by atoms with Crippen molar-refractivity contribution in [3.63, 3.8) is 0 Å². The van der Waals surface area contributed by atoms with Crippen molar-refractivity contribution < 1.29 is 9.47 Å². The Bertz CT molecular complexity index is 873. The fourth-order valence-corrected chi connectivity index (χ4v) is 3.86. The molecule has 8 heteroatoms. The molecule has 2 N–H and O–H groups in total. The Labute approximate surface area is 178 Å². The molecule has 8 nitrogen and oxygen atoms in total. The summed E-state index contributed by atoms with van der Waals surface area (Å²) in [7, 11) is 0. The van der Waals surface area contributed by atoms with Gasteiger partial charge in [-0.2, -0.15) is 0 Å². The predicted molar refractivity (Wildman–Crippen MR) is 116 cm³/mol. The van der Waals surface area contributed by atoms with E-state index in [1.807, 2.05) is 0 Å². The molecule has 0 saturated carbocycles. The van der Waals surface area contributed by atoms with Crippen molar-refractivity contribution in [3.05, 3.63) is 41.0 Å². The van der Waals surface area contributed by atoms with E-state index in [9.17, 15) is 0 Å². The van der Waals surface area contributed by atoms with Crippen molar-refractivity contribution >= 4 is 5.96 Å². The van der Waals surface area contributed by atoms with Gasteiger partial charge in [-0.1, -0.05) is 12.1 Å². The Kier molecular flexibility index (Phi) is 6.84. The second-order valence-electron chi connectivity index (χ2n) is 7.90. The Balaban J connectivity index is 1.43. The van der Waals surface area contributed by atoms with Crippen molar-refractivity contribution in [2.45, 2.75) is 65.3 Å². The van der Waals surface area contributed by atoms with Crippen LogP contribution in [0.15, 0.2) is 23.2 Å². The summed E-state index contributed by atoms with van der Waals surface area (Å²) in [6.07, 6.45) is 4.46. The van der Waals surface area contributed by atoms with E-state index < -0.39 is 0 Å². The van der Waals surface area contributed by atoms with Crippen molar-refractivity contribution in [1.82, 2.24) is 25.4 Å². The molecule has 2 aliphatic rings. The molecule has 1 unspecified atom stereocenters. The van der Waals surface area contributed by atoms with Crippen molar-refractivity contribution in [3.8, 4) is 5.75 Å². The van der Waals surface area contributed by atoms with Gasteiger partial charge in [0.25, 0.3) is 0 Å². The van der Waals surface area contributed by atoms with Crippen LogP contribution in [0.4, 0.5) is 0 Å². The molecule has 2 aliphatic heterocycles. The summed E-state index contributed by atoms with van der Waals surface area (Å²) in [4.78, 5) is 4.79. The Morgan fingerprint density at radius 1 is 1.30 bits per heavy atom. The van der Waals surface area contributed by atoms with Gasteiger partial charge in [0.2, 0.25) is 0 Å². The zero-order valence-electron chi connectivity index (χ0n) is 18.0. The van der Waals surface area contributed by atoms with Crippen LogP contribution < -0.4 is 15.4 Å². The normalized spacial score (nSPS) is 18.9. The van der Waals surface area contributed by atoms with Crippen molar-refractivity contribution in [2.75, 3.05) is 19.8 Å². The van der Waals surface area contributed by atoms with Crippen LogP contribution in [0.25, 0.3) is 0 Å². The first-order chi connectivity index (χ1) is 14.7. The van der Waals surface area contributed by atoms with E-state index in [-0.39, 0.29) is 6.10 Å². The van der Waals surface area contributed by atoms with E-state index in [1.54, 1.807) is 0 Å². The first-order valence-corrected chi connectivity index (χ1v) is 11.0. The summed E-state index contributed by atoms with van der Waals surface area (Å²) in [5, 5.41) is 15.4. The summed E-state index contributed by atoms with van der Waals surface area (Å²) in [5.41, 5.74) is 2.25. The molecule has 0 spiro atoms. The van der Waals surface area contributed by atoms with Gasteiger partial charge in [-0.3, -0.25) is 0 Å². The average Bonchev–Trinajstić information content (AvgIpc) is 3.41. The lowest BCUT2D eigenvalue weighted by Crippen LogP contribution is -2.37. The maximum absolute atomic E-state index is 6.20. The number of aliphatic imine (C=N–C) groups is 1. The van der Waals surface area contributed by atoms with Crippen LogP contribution in [0.3, 0.4) is 0 Å². The molecule has 0 bridgehead atoms. The topological polar surface area (TPSA) is 85.6 Å². The molecule has 4 rings (SSSR count). The minimum absolute atomic E-state index is 0.125. The van der Waals surface area contributed by atoms with Gasteiger partial charge in [0.15, 0.2) is 11.8 Å². The first-order valence-electron chi connectivity index (χ1n) is 11.0. The lowest BCUT2D eigenvalue weighted by Gasteiger charge is -2.17. The van der Waals surface area contributed by atoms with Gasteiger partial charge in [0, 0.05) is 31.5 Å². The van der Waals surface area contributed by atoms with Gasteiger partial charge in [-0.15, -0.1) is 10.2 Å². The maximum atomic E-state index is 6.20. The number of benzene rings is 1. The van der Waals surface area contributed by atoms with Gasteiger partial charge in [0.1, 0.15) is 17.7 Å². The van der Waals surface area contributed by atoms with Crippen LogP contribution in [0.5, 0.6) is 5.75 Å². The molecule has 30 heavy (non-hydrogen) atoms. The minimum atomic E-state index is 0.125. The van der Waals surface area contributed by atoms with Crippen molar-refractivity contribution in [1.29, 1.82) is 0 Å². The van der Waals surface area contributed by atoms with Crippen LogP contribution in [0, 0.1) is 6.92 Å². The largest absolute Gasteiger partial charge is 0.488 e. The van der Waals surface area contributed by atoms with E-state index in [1.165, 1.54) is 18.4 Å². The van der Waals surface area contributed by atoms with Gasteiger partial charge in [-0.05, 0) is 38.3 Å². The number of fused-ring (bicyclic) bond motifs is 1. The number of nitrogens with one attached hydrogen (secondary N) is 2. The van der Waals surface area contributed by atoms with E-state index in [0.717, 1.165) is 61.5 Å². The third kappa shape index (κ3) is 5.11. The smallest absolute Gasteiger partial charge is 0.191 e. The number of nitrogens with zero attached hydrogens (tertiary/aromatic N) is 4. The highest BCUT2D eigenvalue weighted by atomic mass is 16.5. The van der Waals surface area contributed by atoms with Crippen molar-refractivity contribution in [2.24, 2.45) is 4.99 Å². The van der Waals surface area contributed by atoms with Crippen LogP contribution in [-0.4, -0.2) is 46.6 Å². The zero-order valence-corrected chi connectivity index (χ0v) is 18.0. The van der Waals surface area contributed by atoms with Gasteiger partial charge in [0.05, 0.1) is 26.3 Å². The third-order valence-corrected chi connectivity index (χ3v) is 5.51. The van der Waals surface area contributed by atoms with Gasteiger partial charge >= 0.3 is 0 Å². The summed E-state index contributed by atoms with van der Waals surface area (Å²) in [6.45, 7) is 8.51. The fourth-order valence-electron chi connectivity index (χ4n) is 3.86. The molecule has 3 heterocycles. The van der Waals surface area contributed by atoms with Crippen LogP contribution in [0.2, 0.25) is 0 Å². The predicted octanol–water partition coefficient (Wildman–Crippen LogP) is 2.35. The number of ether oxygens (including phenoxy) is 2. The standard InChI is InChI=1S/C22H32N6O2/c1-3-23-22(25-14-21-27-26-20-6-4-5-10-28(20)21)24-13-17-8-7-16(2)12-19(17)30-18-9-11-29-15-18/h7-8,12,18H,3-6,9-11,13-15H2,1-2H3,(H2,23,24,25). The molecule has 0 radical (unpaired) electrons. The number of aryl methyl sites for hydroxylation is 2. The summed E-state index contributed by atoms with van der Waals surface area (Å²) < 4.78 is 13.9. The number of guanidine groups is 1. The molecule has 2 aromatic rings. The zero-order chi connectivity index (χ0) is 20.8. The molecular weight excluding hydrogens is 380 g/mol. The van der Waals surface area contributed by atoms with Crippen LogP contribution in [0.1, 0.15) is 49.0 Å². The number of hydrogen-bond donors (Lipinski definition) is 2. The highest BCUT2D eigenvalue weighted by Crippen LogP contribution is 2.24. The highest BCUT2D eigenvalue weighted by Gasteiger charge is 2.19. The quantitative estimate of drug-likeness (QED) is 0.536. The first kappa shape index (κ1) is 20.7. The molecular formula is C22H32N6O2. The maximum Gasteiger partial charge on any atom is 0.191 e. The molecule has 1 aromatic carbocycles. The SMILES string of the molecule is CCNC(=NCc1ccc(C)cc1OC1CCOC1)NCc1nnc2n1CCCC2. The van der Waals surface area contributed by atoms with Crippen LogP contribution in [-0.2, 0) is 30.8 Å². The second-order valence-corrected chi connectivity index (χ2v) is 7.90. The Hall–Kier alpha value is -2.61. The molecule has 0 amide bonds. The molecule has 1 saturated heterocycles. The van der Waals surface area contributed by atoms with Crippen LogP contribution >= 0.6 is 0 Å². The van der Waals surface area contributed by atoms with Gasteiger partial charge < -0.3 is 24.7 Å². The molecule has 0 aliphatic carbocycles. The Morgan fingerprint density at radius 2 is 2.23 bits per heavy atom. The number of hydrogen-bond acceptors (Lipinski definition) is 5. The Morgan fingerprint density at radius 3 is 3.07 bits per heavy atom. The van der Waals surface area contributed by atoms with Gasteiger partial charge in [-0.25, -0.2) is 4.99 Å². The second kappa shape index (κ2) is 9.93. The highest BCUT2D eigenvalue weighted by molar-refractivity contribution is 5.79.